The highest BCUT2D eigenvalue weighted by Gasteiger charge is 2.22. The van der Waals surface area contributed by atoms with E-state index in [1.165, 1.54) is 19.1 Å². The average Bonchev–Trinajstić information content (AvgIpc) is 2.50. The summed E-state index contributed by atoms with van der Waals surface area (Å²) < 4.78 is 18.8. The highest BCUT2D eigenvalue weighted by Crippen LogP contribution is 2.20. The molecule has 4 nitrogen and oxygen atoms in total. The van der Waals surface area contributed by atoms with Crippen LogP contribution in [0.1, 0.15) is 28.4 Å². The zero-order chi connectivity index (χ0) is 17.9. The van der Waals surface area contributed by atoms with Crippen molar-refractivity contribution in [3.63, 3.8) is 0 Å². The minimum absolute atomic E-state index is 0.171. The first kappa shape index (κ1) is 17.9. The Morgan fingerprint density at radius 1 is 1.17 bits per heavy atom. The van der Waals surface area contributed by atoms with E-state index in [0.29, 0.717) is 5.69 Å². The summed E-state index contributed by atoms with van der Waals surface area (Å²) in [5.41, 5.74) is 2.19. The van der Waals surface area contributed by atoms with Crippen molar-refractivity contribution in [1.82, 2.24) is 0 Å². The lowest BCUT2D eigenvalue weighted by Crippen LogP contribution is -2.30. The second-order valence-electron chi connectivity index (χ2n) is 5.43. The Morgan fingerprint density at radius 3 is 2.38 bits per heavy atom. The second kappa shape index (κ2) is 7.45. The van der Waals surface area contributed by atoms with Crippen LogP contribution in [0, 0.1) is 19.7 Å². The molecular weight excluding hydrogens is 333 g/mol. The number of nitrogens with one attached hydrogen (secondary N) is 1. The van der Waals surface area contributed by atoms with Crippen LogP contribution >= 0.6 is 11.6 Å². The maximum Gasteiger partial charge on any atom is 0.341 e. The summed E-state index contributed by atoms with van der Waals surface area (Å²) in [5, 5.41) is 2.90. The third kappa shape index (κ3) is 4.11. The minimum Gasteiger partial charge on any atom is -0.449 e. The fourth-order valence-electron chi connectivity index (χ4n) is 2.17. The van der Waals surface area contributed by atoms with Gasteiger partial charge in [-0.2, -0.15) is 0 Å². The molecule has 2 aromatic rings. The van der Waals surface area contributed by atoms with Gasteiger partial charge in [-0.15, -0.1) is 0 Å². The Bertz CT molecular complexity index is 772. The Hall–Kier alpha value is -2.40. The number of benzene rings is 2. The van der Waals surface area contributed by atoms with Gasteiger partial charge in [0, 0.05) is 10.7 Å². The Balaban J connectivity index is 2.07. The van der Waals surface area contributed by atoms with Crippen LogP contribution in [0.5, 0.6) is 0 Å². The summed E-state index contributed by atoms with van der Waals surface area (Å²) in [4.78, 5) is 24.2. The molecule has 0 heterocycles. The maximum atomic E-state index is 13.7. The van der Waals surface area contributed by atoms with Gasteiger partial charge in [0.25, 0.3) is 5.91 Å². The standard InChI is InChI=1S/C18H17ClFNO3/c1-10-5-4-6-11(2)16(10)21-17(22)12(3)24-18(23)14-8-7-13(19)9-15(14)20/h4-9,12H,1-3H3,(H,21,22). The van der Waals surface area contributed by atoms with Crippen molar-refractivity contribution in [3.05, 3.63) is 63.9 Å². The normalized spacial score (nSPS) is 11.7. The molecule has 2 rings (SSSR count). The summed E-state index contributed by atoms with van der Waals surface area (Å²) in [5.74, 6) is -2.21. The van der Waals surface area contributed by atoms with Crippen molar-refractivity contribution in [1.29, 1.82) is 0 Å². The van der Waals surface area contributed by atoms with E-state index in [9.17, 15) is 14.0 Å². The first-order valence-electron chi connectivity index (χ1n) is 7.32. The molecule has 0 fully saturated rings. The summed E-state index contributed by atoms with van der Waals surface area (Å²) >= 11 is 5.64. The molecule has 0 aliphatic carbocycles. The summed E-state index contributed by atoms with van der Waals surface area (Å²) in [7, 11) is 0. The zero-order valence-corrected chi connectivity index (χ0v) is 14.3. The first-order chi connectivity index (χ1) is 11.3. The fraction of sp³-hybridized carbons (Fsp3) is 0.222. The van der Waals surface area contributed by atoms with Crippen LogP contribution in [0.4, 0.5) is 10.1 Å². The van der Waals surface area contributed by atoms with Gasteiger partial charge in [0.05, 0.1) is 5.56 Å². The number of aryl methyl sites for hydroxylation is 2. The van der Waals surface area contributed by atoms with Gasteiger partial charge in [0.15, 0.2) is 6.10 Å². The van der Waals surface area contributed by atoms with Gasteiger partial charge in [-0.05, 0) is 50.1 Å². The van der Waals surface area contributed by atoms with Gasteiger partial charge >= 0.3 is 5.97 Å². The quantitative estimate of drug-likeness (QED) is 0.838. The molecule has 0 saturated carbocycles. The van der Waals surface area contributed by atoms with Crippen LogP contribution in [0.25, 0.3) is 0 Å². The van der Waals surface area contributed by atoms with E-state index in [-0.39, 0.29) is 10.6 Å². The third-order valence-electron chi connectivity index (χ3n) is 3.53. The Kier molecular flexibility index (Phi) is 5.57. The van der Waals surface area contributed by atoms with Gasteiger partial charge in [0.2, 0.25) is 0 Å². The number of esters is 1. The molecular formula is C18H17ClFNO3. The number of halogens is 2. The predicted octanol–water partition coefficient (Wildman–Crippen LogP) is 4.28. The van der Waals surface area contributed by atoms with Gasteiger partial charge in [-0.3, -0.25) is 4.79 Å². The van der Waals surface area contributed by atoms with Crippen molar-refractivity contribution in [2.24, 2.45) is 0 Å². The minimum atomic E-state index is -1.08. The van der Waals surface area contributed by atoms with Crippen molar-refractivity contribution in [2.45, 2.75) is 26.9 Å². The van der Waals surface area contributed by atoms with E-state index < -0.39 is 23.8 Å². The fourth-order valence-corrected chi connectivity index (χ4v) is 2.33. The van der Waals surface area contributed by atoms with Crippen LogP contribution in [0.2, 0.25) is 5.02 Å². The molecule has 0 aromatic heterocycles. The summed E-state index contributed by atoms with van der Waals surface area (Å²) in [6.45, 7) is 5.15. The predicted molar refractivity (Wildman–Crippen MR) is 90.8 cm³/mol. The molecule has 6 heteroatoms. The molecule has 0 bridgehead atoms. The van der Waals surface area contributed by atoms with Gasteiger partial charge in [-0.25, -0.2) is 9.18 Å². The van der Waals surface area contributed by atoms with E-state index in [2.05, 4.69) is 5.32 Å². The lowest BCUT2D eigenvalue weighted by atomic mass is 10.1. The van der Waals surface area contributed by atoms with Crippen LogP contribution in [0.15, 0.2) is 36.4 Å². The maximum absolute atomic E-state index is 13.7. The molecule has 0 aliphatic rings. The smallest absolute Gasteiger partial charge is 0.341 e. The molecule has 2 aromatic carbocycles. The van der Waals surface area contributed by atoms with Crippen molar-refractivity contribution < 1.29 is 18.7 Å². The highest BCUT2D eigenvalue weighted by molar-refractivity contribution is 6.30. The molecule has 1 atom stereocenters. The molecule has 0 aliphatic heterocycles. The van der Waals surface area contributed by atoms with Crippen molar-refractivity contribution in [2.75, 3.05) is 5.32 Å². The number of hydrogen-bond acceptors (Lipinski definition) is 3. The van der Waals surface area contributed by atoms with E-state index in [0.717, 1.165) is 17.2 Å². The number of amides is 1. The molecule has 1 amide bonds. The number of ether oxygens (including phenoxy) is 1. The summed E-state index contributed by atoms with van der Waals surface area (Å²) in [6.07, 6.45) is -1.08. The van der Waals surface area contributed by atoms with Crippen molar-refractivity contribution >= 4 is 29.2 Å². The topological polar surface area (TPSA) is 55.4 Å². The lowest BCUT2D eigenvalue weighted by Gasteiger charge is -2.16. The Morgan fingerprint density at radius 2 is 1.79 bits per heavy atom. The van der Waals surface area contributed by atoms with E-state index >= 15 is 0 Å². The Labute approximate surface area is 144 Å². The molecule has 1 N–H and O–H groups in total. The summed E-state index contributed by atoms with van der Waals surface area (Å²) in [6, 6.07) is 9.22. The number of para-hydroxylation sites is 1. The van der Waals surface area contributed by atoms with E-state index in [1.54, 1.807) is 0 Å². The second-order valence-corrected chi connectivity index (χ2v) is 5.86. The molecule has 0 saturated heterocycles. The van der Waals surface area contributed by atoms with E-state index in [1.807, 2.05) is 32.0 Å². The molecule has 0 spiro atoms. The van der Waals surface area contributed by atoms with Crippen LogP contribution in [-0.2, 0) is 9.53 Å². The van der Waals surface area contributed by atoms with Crippen LogP contribution in [-0.4, -0.2) is 18.0 Å². The largest absolute Gasteiger partial charge is 0.449 e. The third-order valence-corrected chi connectivity index (χ3v) is 3.77. The van der Waals surface area contributed by atoms with Crippen LogP contribution in [0.3, 0.4) is 0 Å². The van der Waals surface area contributed by atoms with Crippen LogP contribution < -0.4 is 5.32 Å². The SMILES string of the molecule is Cc1cccc(C)c1NC(=O)C(C)OC(=O)c1ccc(Cl)cc1F. The highest BCUT2D eigenvalue weighted by atomic mass is 35.5. The number of carbonyl (C=O) groups excluding carboxylic acids is 2. The number of rotatable bonds is 4. The molecule has 24 heavy (non-hydrogen) atoms. The van der Waals surface area contributed by atoms with Crippen molar-refractivity contribution in [3.8, 4) is 0 Å². The van der Waals surface area contributed by atoms with E-state index in [4.69, 9.17) is 16.3 Å². The number of anilines is 1. The van der Waals surface area contributed by atoms with Gasteiger partial charge in [0.1, 0.15) is 5.82 Å². The monoisotopic (exact) mass is 349 g/mol. The zero-order valence-electron chi connectivity index (χ0n) is 13.5. The first-order valence-corrected chi connectivity index (χ1v) is 7.70. The molecule has 1 unspecified atom stereocenters. The molecule has 0 radical (unpaired) electrons. The average molecular weight is 350 g/mol. The molecule has 126 valence electrons. The number of carbonyl (C=O) groups is 2. The lowest BCUT2D eigenvalue weighted by molar-refractivity contribution is -0.123. The van der Waals surface area contributed by atoms with Gasteiger partial charge in [-0.1, -0.05) is 29.8 Å². The number of hydrogen-bond donors (Lipinski definition) is 1. The van der Waals surface area contributed by atoms with Gasteiger partial charge < -0.3 is 10.1 Å².